The molecule has 1 aromatic heterocycles. The predicted molar refractivity (Wildman–Crippen MR) is 157 cm³/mol. The van der Waals surface area contributed by atoms with Gasteiger partial charge in [-0.1, -0.05) is 30.3 Å². The number of aromatic hydroxyl groups is 1. The summed E-state index contributed by atoms with van der Waals surface area (Å²) in [5.41, 5.74) is 2.02. The molecule has 0 aliphatic carbocycles. The van der Waals surface area contributed by atoms with Gasteiger partial charge in [-0.2, -0.15) is 0 Å². The summed E-state index contributed by atoms with van der Waals surface area (Å²) in [6.45, 7) is 5.24. The summed E-state index contributed by atoms with van der Waals surface area (Å²) in [6, 6.07) is 15.8. The number of hydrogen-bond acceptors (Lipinski definition) is 8. The number of anilines is 1. The van der Waals surface area contributed by atoms with Crippen molar-refractivity contribution in [3.8, 4) is 11.4 Å². The highest BCUT2D eigenvalue weighted by molar-refractivity contribution is 6.03. The molecule has 3 unspecified atom stereocenters. The first-order chi connectivity index (χ1) is 20.4. The number of ether oxygens (including phenoxy) is 4. The van der Waals surface area contributed by atoms with E-state index in [4.69, 9.17) is 24.1 Å². The minimum atomic E-state index is -0.839. The molecule has 0 saturated heterocycles. The molecule has 2 aromatic carbocycles. The Balaban J connectivity index is 1.71. The third kappa shape index (κ3) is 7.11. The Morgan fingerprint density at radius 3 is 2.40 bits per heavy atom. The van der Waals surface area contributed by atoms with Crippen LogP contribution in [0.4, 0.5) is 5.69 Å². The van der Waals surface area contributed by atoms with E-state index in [2.05, 4.69) is 5.32 Å². The topological polar surface area (TPSA) is 133 Å². The lowest BCUT2D eigenvalue weighted by molar-refractivity contribution is -0.166. The quantitative estimate of drug-likeness (QED) is 0.195. The van der Waals surface area contributed by atoms with Gasteiger partial charge in [-0.25, -0.2) is 4.68 Å². The number of aliphatic hydroxyl groups excluding tert-OH is 1. The minimum Gasteiger partial charge on any atom is -0.506 e. The molecule has 1 amide bonds. The van der Waals surface area contributed by atoms with Crippen molar-refractivity contribution in [1.82, 2.24) is 9.36 Å². The van der Waals surface area contributed by atoms with Gasteiger partial charge in [-0.05, 0) is 50.6 Å². The summed E-state index contributed by atoms with van der Waals surface area (Å²) < 4.78 is 26.6. The molecule has 3 N–H and O–H groups in total. The van der Waals surface area contributed by atoms with Gasteiger partial charge in [0.05, 0.1) is 37.8 Å². The number of aliphatic hydroxyl groups is 1. The van der Waals surface area contributed by atoms with Gasteiger partial charge >= 0.3 is 0 Å². The van der Waals surface area contributed by atoms with Crippen LogP contribution < -0.4 is 10.9 Å². The van der Waals surface area contributed by atoms with Crippen LogP contribution in [-0.2, 0) is 30.8 Å². The maximum absolute atomic E-state index is 14.0. The fraction of sp³-hybridized carbons (Fsp3) is 0.419. The normalized spacial score (nSPS) is 18.4. The average molecular weight is 582 g/mol. The van der Waals surface area contributed by atoms with Gasteiger partial charge in [-0.15, -0.1) is 0 Å². The molecule has 2 heterocycles. The van der Waals surface area contributed by atoms with Crippen LogP contribution in [0.5, 0.6) is 5.75 Å². The highest BCUT2D eigenvalue weighted by Gasteiger charge is 2.41. The lowest BCUT2D eigenvalue weighted by Crippen LogP contribution is -2.39. The summed E-state index contributed by atoms with van der Waals surface area (Å²) in [4.78, 5) is 27.4. The largest absolute Gasteiger partial charge is 0.506 e. The second kappa shape index (κ2) is 14.8. The monoisotopic (exact) mass is 581 g/mol. The number of amides is 1. The number of nitrogens with zero attached hydrogens (tertiary/aromatic N) is 2. The van der Waals surface area contributed by atoms with Crippen molar-refractivity contribution >= 4 is 11.6 Å². The van der Waals surface area contributed by atoms with E-state index >= 15 is 0 Å². The van der Waals surface area contributed by atoms with Crippen molar-refractivity contribution in [1.29, 1.82) is 0 Å². The molecule has 11 nitrogen and oxygen atoms in total. The van der Waals surface area contributed by atoms with Crippen LogP contribution in [0, 0.1) is 12.8 Å². The van der Waals surface area contributed by atoms with Crippen LogP contribution in [-0.4, -0.2) is 71.4 Å². The van der Waals surface area contributed by atoms with Crippen molar-refractivity contribution in [2.45, 2.75) is 32.5 Å². The van der Waals surface area contributed by atoms with E-state index in [0.29, 0.717) is 38.4 Å². The van der Waals surface area contributed by atoms with Crippen LogP contribution in [0.1, 0.15) is 30.5 Å². The maximum Gasteiger partial charge on any atom is 0.290 e. The maximum atomic E-state index is 14.0. The van der Waals surface area contributed by atoms with Crippen LogP contribution in [0.25, 0.3) is 5.69 Å². The van der Waals surface area contributed by atoms with Crippen LogP contribution in [0.2, 0.25) is 0 Å². The highest BCUT2D eigenvalue weighted by atomic mass is 16.7. The number of nitrogens with one attached hydrogen (secondary N) is 1. The Kier molecular flexibility index (Phi) is 11.0. The number of aromatic nitrogens is 2. The van der Waals surface area contributed by atoms with Gasteiger partial charge in [0.2, 0.25) is 6.29 Å². The summed E-state index contributed by atoms with van der Waals surface area (Å²) >= 11 is 0. The number of rotatable bonds is 14. The number of carbonyl (C=O) groups is 1. The van der Waals surface area contributed by atoms with Crippen LogP contribution >= 0.6 is 0 Å². The zero-order valence-electron chi connectivity index (χ0n) is 24.2. The Bertz CT molecular complexity index is 1420. The fourth-order valence-electron chi connectivity index (χ4n) is 5.11. The number of carbonyl (C=O) groups excluding carboxylic acids is 1. The van der Waals surface area contributed by atoms with E-state index in [0.717, 1.165) is 11.4 Å². The van der Waals surface area contributed by atoms with Gasteiger partial charge in [0.15, 0.2) is 5.76 Å². The number of benzene rings is 2. The Morgan fingerprint density at radius 1 is 1.02 bits per heavy atom. The van der Waals surface area contributed by atoms with Gasteiger partial charge in [0.25, 0.3) is 11.5 Å². The molecule has 0 radical (unpaired) electrons. The van der Waals surface area contributed by atoms with E-state index in [9.17, 15) is 14.7 Å². The van der Waals surface area contributed by atoms with Crippen molar-refractivity contribution in [3.63, 3.8) is 0 Å². The second-order valence-corrected chi connectivity index (χ2v) is 9.85. The molecule has 0 bridgehead atoms. The Morgan fingerprint density at radius 2 is 1.71 bits per heavy atom. The first-order valence-electron chi connectivity index (χ1n) is 14.1. The zero-order valence-corrected chi connectivity index (χ0v) is 24.2. The number of phenols is 1. The van der Waals surface area contributed by atoms with E-state index in [1.165, 1.54) is 6.07 Å². The van der Waals surface area contributed by atoms with Crippen molar-refractivity contribution < 1.29 is 34.0 Å². The minimum absolute atomic E-state index is 0.00908. The Hall–Kier alpha value is -3.90. The van der Waals surface area contributed by atoms with E-state index in [-0.39, 0.29) is 41.9 Å². The van der Waals surface area contributed by atoms with Crippen LogP contribution in [0.3, 0.4) is 0 Å². The van der Waals surface area contributed by atoms with E-state index < -0.39 is 18.1 Å². The molecule has 4 rings (SSSR count). The van der Waals surface area contributed by atoms with Gasteiger partial charge in [0.1, 0.15) is 5.75 Å². The molecule has 0 saturated carbocycles. The van der Waals surface area contributed by atoms with Crippen LogP contribution in [0.15, 0.2) is 71.2 Å². The lowest BCUT2D eigenvalue weighted by atomic mass is 9.81. The lowest BCUT2D eigenvalue weighted by Gasteiger charge is -2.36. The van der Waals surface area contributed by atoms with Gasteiger partial charge in [0, 0.05) is 43.4 Å². The number of para-hydroxylation sites is 3. The molecular formula is C31H39N3O8. The van der Waals surface area contributed by atoms with Gasteiger partial charge < -0.3 is 34.5 Å². The third-order valence-electron chi connectivity index (χ3n) is 7.23. The SMILES string of the molecule is CCOC1OC(C(=O)Nc2ccccc2O)=CC(c2c(C)n(C)n(-c3ccccc3)c2=O)C1CCOCCOCCO. The van der Waals surface area contributed by atoms with Gasteiger partial charge in [-0.3, -0.25) is 14.3 Å². The molecule has 0 spiro atoms. The molecule has 1 aliphatic rings. The number of hydrogen-bond donors (Lipinski definition) is 3. The smallest absolute Gasteiger partial charge is 0.290 e. The average Bonchev–Trinajstić information content (AvgIpc) is 3.21. The highest BCUT2D eigenvalue weighted by Crippen LogP contribution is 2.39. The summed E-state index contributed by atoms with van der Waals surface area (Å²) in [5.74, 6) is -1.56. The van der Waals surface area contributed by atoms with E-state index in [1.807, 2.05) is 51.2 Å². The van der Waals surface area contributed by atoms with E-state index in [1.54, 1.807) is 33.6 Å². The molecular weight excluding hydrogens is 542 g/mol. The summed E-state index contributed by atoms with van der Waals surface area (Å²) in [6.07, 6.45) is 1.30. The summed E-state index contributed by atoms with van der Waals surface area (Å²) in [5, 5.41) is 21.8. The standard InChI is InChI=1S/C31H39N3O8/c1-4-41-31-23(14-16-39-18-19-40-17-15-35)24(20-27(42-31)29(37)32-25-12-8-9-13-26(25)36)28-21(2)33(3)34(30(28)38)22-10-6-5-7-11-22/h5-13,20,23-24,31,35-36H,4,14-19H2,1-3H3,(H,32,37). The van der Waals surface area contributed by atoms with Crippen molar-refractivity contribution in [2.24, 2.45) is 13.0 Å². The molecule has 226 valence electrons. The first-order valence-corrected chi connectivity index (χ1v) is 14.1. The number of allylic oxidation sites excluding steroid dienone is 1. The summed E-state index contributed by atoms with van der Waals surface area (Å²) in [7, 11) is 1.83. The molecule has 11 heteroatoms. The number of phenolic OH excluding ortho intramolecular Hbond substituents is 1. The fourth-order valence-corrected chi connectivity index (χ4v) is 5.11. The molecule has 42 heavy (non-hydrogen) atoms. The molecule has 0 fully saturated rings. The third-order valence-corrected chi connectivity index (χ3v) is 7.23. The second-order valence-electron chi connectivity index (χ2n) is 9.85. The molecule has 1 aliphatic heterocycles. The molecule has 3 atom stereocenters. The Labute approximate surface area is 244 Å². The zero-order chi connectivity index (χ0) is 30.1. The van der Waals surface area contributed by atoms with Crippen molar-refractivity contribution in [2.75, 3.05) is 45.0 Å². The first kappa shape index (κ1) is 31.0. The molecule has 3 aromatic rings. The predicted octanol–water partition coefficient (Wildman–Crippen LogP) is 3.22. The van der Waals surface area contributed by atoms with Crippen molar-refractivity contribution in [3.05, 3.63) is 88.0 Å².